The molecule has 0 aromatic heterocycles. The molecule has 5 nitrogen and oxygen atoms in total. The molecule has 0 amide bonds. The number of nitrogens with zero attached hydrogens (tertiary/aromatic N) is 2. The van der Waals surface area contributed by atoms with Gasteiger partial charge in [-0.1, -0.05) is 39.0 Å². The second-order valence-corrected chi connectivity index (χ2v) is 8.27. The van der Waals surface area contributed by atoms with Crippen molar-refractivity contribution >= 4 is 21.6 Å². The molecule has 140 valence electrons. The zero-order valence-corrected chi connectivity index (χ0v) is 15.9. The normalized spacial score (nSPS) is 15.7. The Morgan fingerprint density at radius 2 is 1.64 bits per heavy atom. The molecule has 0 aliphatic carbocycles. The van der Waals surface area contributed by atoms with Gasteiger partial charge in [-0.25, -0.2) is 0 Å². The Morgan fingerprint density at radius 3 is 2.28 bits per heavy atom. The maximum atomic E-state index is 12.2. The van der Waals surface area contributed by atoms with Crippen LogP contribution in [0.2, 0.25) is 0 Å². The lowest BCUT2D eigenvalue weighted by Crippen LogP contribution is -2.19. The summed E-state index contributed by atoms with van der Waals surface area (Å²) >= 11 is 0. The van der Waals surface area contributed by atoms with Gasteiger partial charge in [-0.3, -0.25) is 0 Å². The fourth-order valence-corrected chi connectivity index (χ4v) is 4.04. The first-order chi connectivity index (χ1) is 12.0. The highest BCUT2D eigenvalue weighted by molar-refractivity contribution is 7.90. The molecule has 6 heteroatoms. The first-order valence-electron chi connectivity index (χ1n) is 9.39. The number of benzene rings is 1. The van der Waals surface area contributed by atoms with Crippen molar-refractivity contribution in [3.63, 3.8) is 0 Å². The number of sulfonamides is 1. The molecule has 1 aliphatic heterocycles. The number of hydrogen-bond acceptors (Lipinski definition) is 4. The summed E-state index contributed by atoms with van der Waals surface area (Å²) in [5, 5.41) is 11.8. The van der Waals surface area contributed by atoms with Gasteiger partial charge < -0.3 is 10.0 Å². The second kappa shape index (κ2) is 9.80. The van der Waals surface area contributed by atoms with Gasteiger partial charge in [-0.15, -0.1) is 0 Å². The van der Waals surface area contributed by atoms with Crippen LogP contribution >= 0.6 is 0 Å². The van der Waals surface area contributed by atoms with Crippen LogP contribution in [0.4, 0.5) is 5.69 Å². The summed E-state index contributed by atoms with van der Waals surface area (Å²) in [7, 11) is -3.89. The molecule has 0 unspecified atom stereocenters. The van der Waals surface area contributed by atoms with Crippen LogP contribution in [-0.2, 0) is 10.0 Å². The molecule has 2 rings (SSSR count). The van der Waals surface area contributed by atoms with Crippen LogP contribution in [0, 0.1) is 0 Å². The lowest BCUT2D eigenvalue weighted by atomic mass is 10.1. The van der Waals surface area contributed by atoms with Gasteiger partial charge in [0.05, 0.1) is 4.90 Å². The minimum Gasteiger partial charge on any atom is -0.861 e. The van der Waals surface area contributed by atoms with Crippen LogP contribution < -0.4 is 10.0 Å². The van der Waals surface area contributed by atoms with E-state index in [4.69, 9.17) is 0 Å². The molecular weight excluding hydrogens is 336 g/mol. The van der Waals surface area contributed by atoms with E-state index >= 15 is 0 Å². The molecule has 0 spiro atoms. The molecule has 1 aromatic carbocycles. The van der Waals surface area contributed by atoms with E-state index in [0.717, 1.165) is 31.6 Å². The topological polar surface area (TPSA) is 72.8 Å². The van der Waals surface area contributed by atoms with E-state index in [0.29, 0.717) is 6.42 Å². The fraction of sp³-hybridized carbons (Fsp3) is 0.632. The Labute approximate surface area is 151 Å². The Hall–Kier alpha value is -1.56. The third-order valence-electron chi connectivity index (χ3n) is 4.57. The summed E-state index contributed by atoms with van der Waals surface area (Å²) in [6.07, 6.45) is 8.85. The summed E-state index contributed by atoms with van der Waals surface area (Å²) < 4.78 is 28.0. The average Bonchev–Trinajstić information content (AvgIpc) is 3.12. The minimum atomic E-state index is -3.89. The highest BCUT2D eigenvalue weighted by Gasteiger charge is 2.15. The summed E-state index contributed by atoms with van der Waals surface area (Å²) in [6.45, 7) is 4.17. The van der Waals surface area contributed by atoms with E-state index < -0.39 is 15.9 Å². The van der Waals surface area contributed by atoms with Gasteiger partial charge in [0.2, 0.25) is 0 Å². The smallest absolute Gasteiger partial charge is 0.281 e. The van der Waals surface area contributed by atoms with Crippen molar-refractivity contribution < 1.29 is 13.5 Å². The Kier molecular flexibility index (Phi) is 7.75. The van der Waals surface area contributed by atoms with Gasteiger partial charge >= 0.3 is 0 Å². The van der Waals surface area contributed by atoms with Crippen molar-refractivity contribution in [2.75, 3.05) is 18.0 Å². The van der Waals surface area contributed by atoms with E-state index in [9.17, 15) is 13.5 Å². The third kappa shape index (κ3) is 6.34. The molecule has 0 N–H and O–H groups in total. The predicted molar refractivity (Wildman–Crippen MR) is 101 cm³/mol. The van der Waals surface area contributed by atoms with Gasteiger partial charge in [0.15, 0.2) is 0 Å². The Balaban J connectivity index is 1.88. The molecule has 25 heavy (non-hydrogen) atoms. The number of hydrogen-bond donors (Lipinski definition) is 0. The van der Waals surface area contributed by atoms with Crippen molar-refractivity contribution in [1.82, 2.24) is 0 Å². The van der Waals surface area contributed by atoms with E-state index in [-0.39, 0.29) is 11.3 Å². The summed E-state index contributed by atoms with van der Waals surface area (Å²) in [5.74, 6) is -0.542. The van der Waals surface area contributed by atoms with E-state index in [1.54, 1.807) is 24.3 Å². The molecule has 0 bridgehead atoms. The molecule has 1 fully saturated rings. The maximum absolute atomic E-state index is 12.2. The summed E-state index contributed by atoms with van der Waals surface area (Å²) in [6, 6.07) is 6.69. The van der Waals surface area contributed by atoms with E-state index in [1.807, 2.05) is 0 Å². The molecule has 1 aliphatic rings. The van der Waals surface area contributed by atoms with Gasteiger partial charge in [-0.2, -0.15) is 12.8 Å². The standard InChI is InChI=1S/C19H30N2O3S/c1-2-3-4-5-6-7-10-19(22)20-25(23,24)18-13-11-17(12-14-18)21-15-8-9-16-21/h11-14H,2-10,15-16H2,1H3,(H,20,22)/p-1. The monoisotopic (exact) mass is 365 g/mol. The lowest BCUT2D eigenvalue weighted by Gasteiger charge is -2.17. The first kappa shape index (κ1) is 19.8. The molecule has 1 saturated heterocycles. The fourth-order valence-electron chi connectivity index (χ4n) is 3.09. The van der Waals surface area contributed by atoms with Crippen LogP contribution in [0.25, 0.3) is 0 Å². The molecule has 0 radical (unpaired) electrons. The van der Waals surface area contributed by atoms with Crippen LogP contribution in [0.15, 0.2) is 33.6 Å². The predicted octanol–water partition coefficient (Wildman–Crippen LogP) is 3.48. The second-order valence-electron chi connectivity index (χ2n) is 6.67. The third-order valence-corrected chi connectivity index (χ3v) is 5.88. The molecule has 1 aromatic rings. The van der Waals surface area contributed by atoms with Crippen LogP contribution in [-0.4, -0.2) is 27.4 Å². The molecule has 1 heterocycles. The number of unbranched alkanes of at least 4 members (excludes halogenated alkanes) is 5. The maximum Gasteiger partial charge on any atom is 0.281 e. The largest absolute Gasteiger partial charge is 0.861 e. The Bertz CT molecular complexity index is 648. The average molecular weight is 366 g/mol. The van der Waals surface area contributed by atoms with Gasteiger partial charge in [0, 0.05) is 18.8 Å². The molecular formula is C19H29N2O3S-. The van der Waals surface area contributed by atoms with Crippen molar-refractivity contribution in [2.45, 2.75) is 69.6 Å². The number of rotatable bonds is 10. The van der Waals surface area contributed by atoms with Crippen molar-refractivity contribution in [3.8, 4) is 0 Å². The molecule has 0 saturated carbocycles. The van der Waals surface area contributed by atoms with Gasteiger partial charge in [0.25, 0.3) is 10.0 Å². The van der Waals surface area contributed by atoms with Crippen LogP contribution in [0.1, 0.15) is 64.7 Å². The van der Waals surface area contributed by atoms with Crippen molar-refractivity contribution in [1.29, 1.82) is 0 Å². The van der Waals surface area contributed by atoms with Crippen molar-refractivity contribution in [2.24, 2.45) is 4.40 Å². The summed E-state index contributed by atoms with van der Waals surface area (Å²) in [4.78, 5) is 2.32. The Morgan fingerprint density at radius 1 is 1.04 bits per heavy atom. The van der Waals surface area contributed by atoms with Gasteiger partial charge in [-0.05, 0) is 55.8 Å². The number of anilines is 1. The van der Waals surface area contributed by atoms with Crippen LogP contribution in [0.5, 0.6) is 0 Å². The first-order valence-corrected chi connectivity index (χ1v) is 10.8. The highest BCUT2D eigenvalue weighted by Crippen LogP contribution is 2.22. The van der Waals surface area contributed by atoms with Crippen molar-refractivity contribution in [3.05, 3.63) is 24.3 Å². The minimum absolute atomic E-state index is 0.0896. The quantitative estimate of drug-likeness (QED) is 0.361. The lowest BCUT2D eigenvalue weighted by molar-refractivity contribution is -0.218. The highest BCUT2D eigenvalue weighted by atomic mass is 32.2. The van der Waals surface area contributed by atoms with E-state index in [1.165, 1.54) is 32.1 Å². The zero-order valence-electron chi connectivity index (χ0n) is 15.1. The van der Waals surface area contributed by atoms with Gasteiger partial charge in [0.1, 0.15) is 0 Å². The van der Waals surface area contributed by atoms with E-state index in [2.05, 4.69) is 16.2 Å². The zero-order chi connectivity index (χ0) is 18.1. The molecule has 0 atom stereocenters. The SMILES string of the molecule is CCCCCCCC/C([O-])=N/S(=O)(=O)c1ccc(N2CCCC2)cc1. The summed E-state index contributed by atoms with van der Waals surface area (Å²) in [5.41, 5.74) is 1.02. The van der Waals surface area contributed by atoms with Crippen LogP contribution in [0.3, 0.4) is 0 Å².